The Morgan fingerprint density at radius 2 is 2.11 bits per heavy atom. The van der Waals surface area contributed by atoms with Crippen molar-refractivity contribution in [3.63, 3.8) is 0 Å². The van der Waals surface area contributed by atoms with Gasteiger partial charge in [-0.25, -0.2) is 4.79 Å². The van der Waals surface area contributed by atoms with Crippen LogP contribution >= 0.6 is 0 Å². The number of nitrogens with one attached hydrogen (secondary N) is 1. The lowest BCUT2D eigenvalue weighted by atomic mass is 10.0. The van der Waals surface area contributed by atoms with Crippen LogP contribution in [0.4, 0.5) is 4.79 Å². The summed E-state index contributed by atoms with van der Waals surface area (Å²) in [7, 11) is 0. The molecule has 0 aromatic rings. The second kappa shape index (κ2) is 5.75. The molecular weight excluding hydrogens is 252 g/mol. The van der Waals surface area contributed by atoms with Crippen LogP contribution in [0, 0.1) is 0 Å². The van der Waals surface area contributed by atoms with Gasteiger partial charge in [0.1, 0.15) is 0 Å². The van der Waals surface area contributed by atoms with Gasteiger partial charge in [0.25, 0.3) is 0 Å². The van der Waals surface area contributed by atoms with Crippen molar-refractivity contribution in [2.75, 3.05) is 26.2 Å². The van der Waals surface area contributed by atoms with Crippen LogP contribution in [-0.2, 0) is 9.53 Å². The Labute approximate surface area is 112 Å². The quantitative estimate of drug-likeness (QED) is 0.672. The zero-order valence-corrected chi connectivity index (χ0v) is 11.6. The average molecular weight is 274 g/mol. The molecule has 1 heterocycles. The molecule has 0 saturated carbocycles. The topological polar surface area (TPSA) is 99.1 Å². The third kappa shape index (κ3) is 5.44. The molecule has 3 N–H and O–H groups in total. The van der Waals surface area contributed by atoms with Gasteiger partial charge in [-0.1, -0.05) is 0 Å². The summed E-state index contributed by atoms with van der Waals surface area (Å²) in [5, 5.41) is 21.0. The first kappa shape index (κ1) is 15.7. The molecule has 0 spiro atoms. The maximum atomic E-state index is 11.9. The van der Waals surface area contributed by atoms with Crippen LogP contribution in [0.5, 0.6) is 0 Å². The SMILES string of the molecule is CC(O)(CNC(=O)N1CCOC(C)(C)C1)CC(=O)O. The summed E-state index contributed by atoms with van der Waals surface area (Å²) in [6, 6.07) is -0.318. The van der Waals surface area contributed by atoms with Crippen LogP contribution in [-0.4, -0.2) is 64.6 Å². The van der Waals surface area contributed by atoms with E-state index in [1.165, 1.54) is 6.92 Å². The number of ether oxygens (including phenoxy) is 1. The van der Waals surface area contributed by atoms with Crippen LogP contribution in [0.2, 0.25) is 0 Å². The highest BCUT2D eigenvalue weighted by atomic mass is 16.5. The number of carboxylic acid groups (broad SMARTS) is 1. The highest BCUT2D eigenvalue weighted by molar-refractivity contribution is 5.74. The van der Waals surface area contributed by atoms with Gasteiger partial charge in [-0.3, -0.25) is 4.79 Å². The Bertz CT molecular complexity index is 354. The third-order valence-corrected chi connectivity index (χ3v) is 2.87. The fourth-order valence-electron chi connectivity index (χ4n) is 1.96. The first-order chi connectivity index (χ1) is 8.61. The van der Waals surface area contributed by atoms with E-state index in [1.54, 1.807) is 4.90 Å². The van der Waals surface area contributed by atoms with Gasteiger partial charge in [0.2, 0.25) is 0 Å². The van der Waals surface area contributed by atoms with E-state index in [0.29, 0.717) is 19.7 Å². The van der Waals surface area contributed by atoms with E-state index in [4.69, 9.17) is 9.84 Å². The summed E-state index contributed by atoms with van der Waals surface area (Å²) in [6.45, 7) is 6.48. The molecule has 1 unspecified atom stereocenters. The van der Waals surface area contributed by atoms with E-state index in [1.807, 2.05) is 13.8 Å². The second-order valence-electron chi connectivity index (χ2n) is 5.76. The van der Waals surface area contributed by atoms with Gasteiger partial charge in [-0.15, -0.1) is 0 Å². The standard InChI is InChI=1S/C12H22N2O5/c1-11(2)8-14(4-5-19-11)10(17)13-7-12(3,18)6-9(15)16/h18H,4-8H2,1-3H3,(H,13,17)(H,15,16). The summed E-state index contributed by atoms with van der Waals surface area (Å²) < 4.78 is 5.49. The van der Waals surface area contributed by atoms with Crippen molar-refractivity contribution in [3.8, 4) is 0 Å². The van der Waals surface area contributed by atoms with Crippen LogP contribution < -0.4 is 5.32 Å². The van der Waals surface area contributed by atoms with Crippen LogP contribution in [0.1, 0.15) is 27.2 Å². The largest absolute Gasteiger partial charge is 0.481 e. The van der Waals surface area contributed by atoms with E-state index in [0.717, 1.165) is 0 Å². The molecule has 1 rings (SSSR count). The Kier molecular flexibility index (Phi) is 4.75. The van der Waals surface area contributed by atoms with Crippen LogP contribution in [0.25, 0.3) is 0 Å². The van der Waals surface area contributed by atoms with E-state index in [2.05, 4.69) is 5.32 Å². The van der Waals surface area contributed by atoms with Crippen LogP contribution in [0.15, 0.2) is 0 Å². The number of hydrogen-bond acceptors (Lipinski definition) is 4. The van der Waals surface area contributed by atoms with Crippen molar-refractivity contribution in [3.05, 3.63) is 0 Å². The van der Waals surface area contributed by atoms with Gasteiger partial charge in [0, 0.05) is 13.1 Å². The zero-order chi connectivity index (χ0) is 14.7. The predicted molar refractivity (Wildman–Crippen MR) is 67.9 cm³/mol. The molecule has 2 amide bonds. The van der Waals surface area contributed by atoms with Gasteiger partial charge < -0.3 is 25.2 Å². The number of nitrogens with zero attached hydrogens (tertiary/aromatic N) is 1. The minimum absolute atomic E-state index is 0.101. The maximum Gasteiger partial charge on any atom is 0.317 e. The summed E-state index contributed by atoms with van der Waals surface area (Å²) in [5.41, 5.74) is -1.84. The zero-order valence-electron chi connectivity index (χ0n) is 11.6. The number of aliphatic carboxylic acids is 1. The number of amides is 2. The molecule has 0 aliphatic carbocycles. The lowest BCUT2D eigenvalue weighted by molar-refractivity contribution is -0.141. The highest BCUT2D eigenvalue weighted by Gasteiger charge is 2.31. The number of carbonyl (C=O) groups is 2. The molecule has 19 heavy (non-hydrogen) atoms. The van der Waals surface area contributed by atoms with Crippen molar-refractivity contribution < 1.29 is 24.5 Å². The number of morpholine rings is 1. The molecule has 1 aliphatic rings. The molecule has 7 heteroatoms. The Balaban J connectivity index is 2.45. The highest BCUT2D eigenvalue weighted by Crippen LogP contribution is 2.16. The van der Waals surface area contributed by atoms with E-state index < -0.39 is 18.0 Å². The van der Waals surface area contributed by atoms with Gasteiger partial charge >= 0.3 is 12.0 Å². The smallest absolute Gasteiger partial charge is 0.317 e. The molecule has 0 radical (unpaired) electrons. The maximum absolute atomic E-state index is 11.9. The van der Waals surface area contributed by atoms with Crippen molar-refractivity contribution >= 4 is 12.0 Å². The summed E-state index contributed by atoms with van der Waals surface area (Å²) in [6.07, 6.45) is -0.415. The van der Waals surface area contributed by atoms with E-state index >= 15 is 0 Å². The van der Waals surface area contributed by atoms with Crippen molar-refractivity contribution in [2.45, 2.75) is 38.4 Å². The number of rotatable bonds is 4. The van der Waals surface area contributed by atoms with Crippen molar-refractivity contribution in [2.24, 2.45) is 0 Å². The predicted octanol–water partition coefficient (Wildman–Crippen LogP) is 0.0325. The van der Waals surface area contributed by atoms with E-state index in [9.17, 15) is 14.7 Å². The molecule has 0 aromatic carbocycles. The summed E-state index contributed by atoms with van der Waals surface area (Å²) in [4.78, 5) is 24.1. The summed E-state index contributed by atoms with van der Waals surface area (Å²) in [5.74, 6) is -1.10. The molecule has 7 nitrogen and oxygen atoms in total. The molecule has 1 atom stereocenters. The summed E-state index contributed by atoms with van der Waals surface area (Å²) >= 11 is 0. The lowest BCUT2D eigenvalue weighted by Crippen LogP contribution is -2.55. The fourth-order valence-corrected chi connectivity index (χ4v) is 1.96. The van der Waals surface area contributed by atoms with Crippen molar-refractivity contribution in [1.82, 2.24) is 10.2 Å². The normalized spacial score (nSPS) is 21.6. The molecule has 1 fully saturated rings. The number of carbonyl (C=O) groups excluding carboxylic acids is 1. The first-order valence-corrected chi connectivity index (χ1v) is 6.22. The second-order valence-corrected chi connectivity index (χ2v) is 5.76. The van der Waals surface area contributed by atoms with Gasteiger partial charge in [0.05, 0.1) is 30.8 Å². The molecule has 0 bridgehead atoms. The Morgan fingerprint density at radius 1 is 1.47 bits per heavy atom. The number of aliphatic hydroxyl groups is 1. The Morgan fingerprint density at radius 3 is 2.63 bits per heavy atom. The molecular formula is C12H22N2O5. The van der Waals surface area contributed by atoms with Gasteiger partial charge in [-0.05, 0) is 20.8 Å². The number of hydrogen-bond donors (Lipinski definition) is 3. The average Bonchev–Trinajstić information content (AvgIpc) is 2.22. The fraction of sp³-hybridized carbons (Fsp3) is 0.833. The van der Waals surface area contributed by atoms with Crippen molar-refractivity contribution in [1.29, 1.82) is 0 Å². The number of carboxylic acids is 1. The van der Waals surface area contributed by atoms with Gasteiger partial charge in [-0.2, -0.15) is 0 Å². The van der Waals surface area contributed by atoms with Crippen LogP contribution in [0.3, 0.4) is 0 Å². The molecule has 110 valence electrons. The molecule has 1 aliphatic heterocycles. The van der Waals surface area contributed by atoms with E-state index in [-0.39, 0.29) is 18.2 Å². The number of urea groups is 1. The molecule has 1 saturated heterocycles. The monoisotopic (exact) mass is 274 g/mol. The third-order valence-electron chi connectivity index (χ3n) is 2.87. The minimum Gasteiger partial charge on any atom is -0.481 e. The minimum atomic E-state index is -1.46. The Hall–Kier alpha value is -1.34. The molecule has 0 aromatic heterocycles. The lowest BCUT2D eigenvalue weighted by Gasteiger charge is -2.38. The first-order valence-electron chi connectivity index (χ1n) is 6.22. The van der Waals surface area contributed by atoms with Gasteiger partial charge in [0.15, 0.2) is 0 Å².